The second-order valence-corrected chi connectivity index (χ2v) is 8.02. The minimum Gasteiger partial charge on any atom is -0.741 e. The molecule has 0 N–H and O–H groups in total. The second kappa shape index (κ2) is 9.65. The number of carbonyl (C=O) groups excluding carboxylic acids is 1. The summed E-state index contributed by atoms with van der Waals surface area (Å²) in [6.45, 7) is 3.86. The Morgan fingerprint density at radius 1 is 1.29 bits per heavy atom. The third kappa shape index (κ3) is 10.1. The molecule has 0 amide bonds. The van der Waals surface area contributed by atoms with Crippen molar-refractivity contribution in [3.8, 4) is 0 Å². The predicted molar refractivity (Wildman–Crippen MR) is 73.1 cm³/mol. The average molecular weight is 352 g/mol. The second-order valence-electron chi connectivity index (χ2n) is 4.32. The zero-order chi connectivity index (χ0) is 16.5. The van der Waals surface area contributed by atoms with Gasteiger partial charge in [0.05, 0.1) is 13.2 Å². The Balaban J connectivity index is 0.000000433. The van der Waals surface area contributed by atoms with Gasteiger partial charge in [0.15, 0.2) is 21.7 Å². The van der Waals surface area contributed by atoms with E-state index in [1.165, 1.54) is 0 Å². The van der Waals surface area contributed by atoms with Crippen molar-refractivity contribution >= 4 is 26.8 Å². The van der Waals surface area contributed by atoms with Gasteiger partial charge in [-0.05, 0) is 17.3 Å². The van der Waals surface area contributed by atoms with E-state index in [0.29, 0.717) is 16.7 Å². The van der Waals surface area contributed by atoms with Crippen LogP contribution in [0.5, 0.6) is 0 Å². The zero-order valence-electron chi connectivity index (χ0n) is 11.6. The largest absolute Gasteiger partial charge is 0.741 e. The molecule has 0 atom stereocenters. The maximum atomic E-state index is 11.4. The van der Waals surface area contributed by atoms with Crippen molar-refractivity contribution < 1.29 is 35.7 Å². The van der Waals surface area contributed by atoms with Crippen molar-refractivity contribution in [2.75, 3.05) is 30.5 Å². The van der Waals surface area contributed by atoms with Crippen LogP contribution in [-0.2, 0) is 30.5 Å². The number of Topliss-reactive ketones (excluding diaryl/α,β-unsaturated/α-hetero) is 1. The summed E-state index contributed by atoms with van der Waals surface area (Å²) >= 11 is 0. The monoisotopic (exact) mass is 352 g/mol. The van der Waals surface area contributed by atoms with E-state index in [1.54, 1.807) is 0 Å². The molecule has 1 heterocycles. The summed E-state index contributed by atoms with van der Waals surface area (Å²) in [5.41, 5.74) is -5.65. The fourth-order valence-electron chi connectivity index (χ4n) is 1.38. The molecule has 126 valence electrons. The minimum atomic E-state index is -6.09. The molecular weight excluding hydrogens is 333 g/mol. The van der Waals surface area contributed by atoms with Gasteiger partial charge in [0.1, 0.15) is 11.5 Å². The molecule has 5 nitrogen and oxygen atoms in total. The van der Waals surface area contributed by atoms with E-state index in [4.69, 9.17) is 17.7 Å². The number of rotatable bonds is 5. The van der Waals surface area contributed by atoms with Crippen LogP contribution < -0.4 is 0 Å². The van der Waals surface area contributed by atoms with E-state index in [1.807, 2.05) is 0 Å². The van der Waals surface area contributed by atoms with Crippen molar-refractivity contribution in [3.05, 3.63) is 0 Å². The van der Waals surface area contributed by atoms with Gasteiger partial charge in [-0.1, -0.05) is 13.3 Å². The Bertz CT molecular complexity index is 403. The predicted octanol–water partition coefficient (Wildman–Crippen LogP) is 1.45. The van der Waals surface area contributed by atoms with E-state index in [-0.39, 0.29) is 0 Å². The molecule has 1 fully saturated rings. The molecule has 1 aliphatic rings. The molecule has 0 unspecified atom stereocenters. The van der Waals surface area contributed by atoms with Crippen LogP contribution >= 0.6 is 0 Å². The number of carbonyl (C=O) groups is 1. The smallest absolute Gasteiger partial charge is 0.485 e. The van der Waals surface area contributed by atoms with Crippen LogP contribution in [0.3, 0.4) is 0 Å². The molecule has 0 aliphatic carbocycles. The molecule has 1 aliphatic heterocycles. The van der Waals surface area contributed by atoms with Gasteiger partial charge in [-0.25, -0.2) is 8.42 Å². The highest BCUT2D eigenvalue weighted by molar-refractivity contribution is 7.97. The van der Waals surface area contributed by atoms with Crippen LogP contribution in [0.15, 0.2) is 0 Å². The van der Waals surface area contributed by atoms with Gasteiger partial charge in [-0.15, -0.1) is 0 Å². The molecular formula is C11H19F3O5S2. The van der Waals surface area contributed by atoms with E-state index in [2.05, 4.69) is 6.92 Å². The Labute approximate surface area is 125 Å². The van der Waals surface area contributed by atoms with Gasteiger partial charge >= 0.3 is 5.51 Å². The first-order valence-electron chi connectivity index (χ1n) is 6.33. The molecule has 1 saturated heterocycles. The van der Waals surface area contributed by atoms with Gasteiger partial charge in [0.2, 0.25) is 0 Å². The lowest BCUT2D eigenvalue weighted by molar-refractivity contribution is -0.116. The lowest BCUT2D eigenvalue weighted by atomic mass is 10.2. The van der Waals surface area contributed by atoms with Crippen molar-refractivity contribution in [1.29, 1.82) is 0 Å². The van der Waals surface area contributed by atoms with Gasteiger partial charge < -0.3 is 9.29 Å². The summed E-state index contributed by atoms with van der Waals surface area (Å²) in [6.07, 6.45) is 2.98. The standard InChI is InChI=1S/C10H19O2S.CHF3O3S/c1-2-3-4-10(11)9-13-7-5-12-6-8-13;2-1(3,4)8(5,6)7/h2-9H2,1H3;(H,5,6,7)/q+1;/p-1. The van der Waals surface area contributed by atoms with Crippen molar-refractivity contribution in [1.82, 2.24) is 0 Å². The maximum Gasteiger partial charge on any atom is 0.485 e. The molecule has 0 aromatic heterocycles. The van der Waals surface area contributed by atoms with E-state index in [0.717, 1.165) is 49.7 Å². The highest BCUT2D eigenvalue weighted by Crippen LogP contribution is 2.20. The molecule has 0 aromatic carbocycles. The third-order valence-electron chi connectivity index (χ3n) is 2.49. The summed E-state index contributed by atoms with van der Waals surface area (Å²) in [4.78, 5) is 11.4. The summed E-state index contributed by atoms with van der Waals surface area (Å²) in [5.74, 6) is 3.51. The van der Waals surface area contributed by atoms with E-state index in [9.17, 15) is 18.0 Å². The van der Waals surface area contributed by atoms with Crippen LogP contribution in [0.4, 0.5) is 13.2 Å². The topological polar surface area (TPSA) is 83.5 Å². The van der Waals surface area contributed by atoms with E-state index < -0.39 is 15.6 Å². The quantitative estimate of drug-likeness (QED) is 0.425. The third-order valence-corrected chi connectivity index (χ3v) is 5.28. The van der Waals surface area contributed by atoms with Gasteiger partial charge in [-0.2, -0.15) is 13.2 Å². The number of ether oxygens (including phenoxy) is 1. The fourth-order valence-corrected chi connectivity index (χ4v) is 3.18. The SMILES string of the molecule is CCCCC(=O)C[S+]1CCOCC1.O=S(=O)([O-])C(F)(F)F. The summed E-state index contributed by atoms with van der Waals surface area (Å²) in [5, 5.41) is 0. The Morgan fingerprint density at radius 2 is 1.76 bits per heavy atom. The number of alkyl halides is 3. The summed E-state index contributed by atoms with van der Waals surface area (Å²) < 4.78 is 64.2. The van der Waals surface area contributed by atoms with Crippen molar-refractivity contribution in [3.63, 3.8) is 0 Å². The summed E-state index contributed by atoms with van der Waals surface area (Å²) in [6, 6.07) is 0. The Hall–Kier alpha value is -0.320. The van der Waals surface area contributed by atoms with Crippen LogP contribution in [0.25, 0.3) is 0 Å². The first-order chi connectivity index (χ1) is 9.58. The van der Waals surface area contributed by atoms with Crippen LogP contribution in [0, 0.1) is 0 Å². The minimum absolute atomic E-state index is 0.347. The van der Waals surface area contributed by atoms with Gasteiger partial charge in [0, 0.05) is 6.42 Å². The number of hydrogen-bond acceptors (Lipinski definition) is 5. The lowest BCUT2D eigenvalue weighted by Crippen LogP contribution is -2.31. The van der Waals surface area contributed by atoms with Crippen LogP contribution in [-0.4, -0.2) is 54.7 Å². The zero-order valence-corrected chi connectivity index (χ0v) is 13.3. The van der Waals surface area contributed by atoms with Gasteiger partial charge in [0.25, 0.3) is 0 Å². The molecule has 0 saturated carbocycles. The highest BCUT2D eigenvalue weighted by atomic mass is 32.2. The first kappa shape index (κ1) is 20.7. The highest BCUT2D eigenvalue weighted by Gasteiger charge is 2.36. The molecule has 10 heteroatoms. The maximum absolute atomic E-state index is 11.4. The summed E-state index contributed by atoms with van der Waals surface area (Å²) in [7, 11) is -5.74. The number of hydrogen-bond donors (Lipinski definition) is 0. The van der Waals surface area contributed by atoms with Crippen LogP contribution in [0.2, 0.25) is 0 Å². The number of halogens is 3. The average Bonchev–Trinajstić information content (AvgIpc) is 2.36. The molecule has 0 aromatic rings. The first-order valence-corrected chi connectivity index (χ1v) is 9.47. The fraction of sp³-hybridized carbons (Fsp3) is 0.909. The van der Waals surface area contributed by atoms with E-state index >= 15 is 0 Å². The lowest BCUT2D eigenvalue weighted by Gasteiger charge is -2.13. The molecule has 1 rings (SSSR count). The number of ketones is 1. The Morgan fingerprint density at radius 3 is 2.14 bits per heavy atom. The molecule has 0 bridgehead atoms. The van der Waals surface area contributed by atoms with Crippen molar-refractivity contribution in [2.45, 2.75) is 31.7 Å². The normalized spacial score (nSPS) is 17.0. The number of unbranched alkanes of at least 4 members (excludes halogenated alkanes) is 1. The molecule has 0 spiro atoms. The molecule has 21 heavy (non-hydrogen) atoms. The molecule has 0 radical (unpaired) electrons. The van der Waals surface area contributed by atoms with Crippen molar-refractivity contribution in [2.24, 2.45) is 0 Å². The van der Waals surface area contributed by atoms with Crippen LogP contribution in [0.1, 0.15) is 26.2 Å². The van der Waals surface area contributed by atoms with Gasteiger partial charge in [-0.3, -0.25) is 4.79 Å². The Kier molecular flexibility index (Phi) is 9.50.